The van der Waals surface area contributed by atoms with Crippen molar-refractivity contribution >= 4 is 11.5 Å². The molecule has 35 heavy (non-hydrogen) atoms. The molecule has 1 N–H and O–H groups in total. The number of nitrogens with one attached hydrogen (secondary N) is 1. The molecule has 0 aliphatic carbocycles. The van der Waals surface area contributed by atoms with Crippen molar-refractivity contribution in [2.24, 2.45) is 0 Å². The van der Waals surface area contributed by atoms with Crippen LogP contribution in [0.3, 0.4) is 0 Å². The van der Waals surface area contributed by atoms with Gasteiger partial charge in [-0.05, 0) is 81.5 Å². The molecule has 0 bridgehead atoms. The van der Waals surface area contributed by atoms with Crippen molar-refractivity contribution < 1.29 is 18.0 Å². The Kier molecular flexibility index (Phi) is 8.35. The van der Waals surface area contributed by atoms with Crippen molar-refractivity contribution in [2.75, 3.05) is 27.2 Å². The first kappa shape index (κ1) is 26.0. The maximum absolute atomic E-state index is 13.9. The lowest BCUT2D eigenvalue weighted by atomic mass is 10.1. The van der Waals surface area contributed by atoms with Gasteiger partial charge in [0.15, 0.2) is 0 Å². The summed E-state index contributed by atoms with van der Waals surface area (Å²) >= 11 is 0. The Morgan fingerprint density at radius 1 is 1.06 bits per heavy atom. The first-order valence-corrected chi connectivity index (χ1v) is 11.4. The van der Waals surface area contributed by atoms with E-state index in [-0.39, 0.29) is 11.6 Å². The van der Waals surface area contributed by atoms with Crippen LogP contribution in [0.15, 0.2) is 79.4 Å². The van der Waals surface area contributed by atoms with Gasteiger partial charge in [0.2, 0.25) is 0 Å². The Labute approximate surface area is 204 Å². The summed E-state index contributed by atoms with van der Waals surface area (Å²) in [5.74, 6) is -0.184. The van der Waals surface area contributed by atoms with E-state index >= 15 is 0 Å². The monoisotopic (exact) mass is 481 g/mol. The molecule has 3 rings (SSSR count). The Morgan fingerprint density at radius 2 is 1.74 bits per heavy atom. The lowest BCUT2D eigenvalue weighted by Gasteiger charge is -2.19. The molecule has 0 fully saturated rings. The fraction of sp³-hybridized carbons (Fsp3) is 0.250. The number of amides is 1. The first-order chi connectivity index (χ1) is 16.7. The number of nitrogens with zero attached hydrogens (tertiary/aromatic N) is 2. The van der Waals surface area contributed by atoms with Gasteiger partial charge in [-0.3, -0.25) is 4.79 Å². The molecule has 1 heterocycles. The van der Waals surface area contributed by atoms with Gasteiger partial charge in [-0.25, -0.2) is 0 Å². The van der Waals surface area contributed by atoms with Gasteiger partial charge >= 0.3 is 6.18 Å². The minimum absolute atomic E-state index is 0.0268. The number of hydrogen-bond acceptors (Lipinski definition) is 2. The van der Waals surface area contributed by atoms with Crippen LogP contribution in [0.25, 0.3) is 22.5 Å². The van der Waals surface area contributed by atoms with E-state index < -0.39 is 11.7 Å². The highest BCUT2D eigenvalue weighted by molar-refractivity contribution is 5.94. The molecule has 4 nitrogen and oxygen atoms in total. The highest BCUT2D eigenvalue weighted by Crippen LogP contribution is 2.38. The fourth-order valence-corrected chi connectivity index (χ4v) is 3.92. The van der Waals surface area contributed by atoms with Gasteiger partial charge in [0.05, 0.1) is 22.6 Å². The maximum atomic E-state index is 13.9. The van der Waals surface area contributed by atoms with Gasteiger partial charge in [0.25, 0.3) is 5.91 Å². The van der Waals surface area contributed by atoms with Crippen molar-refractivity contribution in [1.29, 1.82) is 0 Å². The quantitative estimate of drug-likeness (QED) is 0.282. The van der Waals surface area contributed by atoms with Gasteiger partial charge in [-0.15, -0.1) is 0 Å². The third-order valence-corrected chi connectivity index (χ3v) is 5.67. The summed E-state index contributed by atoms with van der Waals surface area (Å²) in [6, 6.07) is 16.0. The summed E-state index contributed by atoms with van der Waals surface area (Å²) in [6.45, 7) is 7.07. The second-order valence-corrected chi connectivity index (χ2v) is 8.39. The van der Waals surface area contributed by atoms with Crippen LogP contribution < -0.4 is 5.32 Å². The van der Waals surface area contributed by atoms with Crippen molar-refractivity contribution in [2.45, 2.75) is 19.5 Å². The average molecular weight is 482 g/mol. The zero-order valence-corrected chi connectivity index (χ0v) is 20.2. The maximum Gasteiger partial charge on any atom is 0.418 e. The van der Waals surface area contributed by atoms with Crippen LogP contribution in [0, 0.1) is 0 Å². The van der Waals surface area contributed by atoms with E-state index in [4.69, 9.17) is 0 Å². The van der Waals surface area contributed by atoms with Crippen LogP contribution in [0.5, 0.6) is 0 Å². The standard InChI is InChI=1S/C28H30F3N3O/c1-5-20(6-2)24-16-17-25(34(24)26-11-8-7-10-23(26)28(29,30)31)21-12-14-22(15-13-21)27(35)32-18-9-19-33(3)4/h5-8,10-17H,1,9,18-19H2,2-4H3,(H,32,35)/b20-6+. The number of allylic oxidation sites excluding steroid dienone is 3. The minimum atomic E-state index is -4.52. The molecule has 1 amide bonds. The molecule has 7 heteroatoms. The Bertz CT molecular complexity index is 1200. The predicted molar refractivity (Wildman–Crippen MR) is 136 cm³/mol. The van der Waals surface area contributed by atoms with E-state index in [1.807, 2.05) is 32.0 Å². The molecule has 2 aromatic carbocycles. The van der Waals surface area contributed by atoms with Gasteiger partial charge < -0.3 is 14.8 Å². The number of rotatable bonds is 9. The van der Waals surface area contributed by atoms with Gasteiger partial charge in [0.1, 0.15) is 0 Å². The van der Waals surface area contributed by atoms with E-state index in [1.165, 1.54) is 12.1 Å². The van der Waals surface area contributed by atoms with E-state index in [1.54, 1.807) is 53.1 Å². The highest BCUT2D eigenvalue weighted by atomic mass is 19.4. The van der Waals surface area contributed by atoms with Gasteiger partial charge in [0, 0.05) is 12.1 Å². The molecule has 0 radical (unpaired) electrons. The molecule has 0 spiro atoms. The van der Waals surface area contributed by atoms with Crippen molar-refractivity contribution in [3.05, 3.63) is 96.2 Å². The van der Waals surface area contributed by atoms with Crippen molar-refractivity contribution in [3.63, 3.8) is 0 Å². The highest BCUT2D eigenvalue weighted by Gasteiger charge is 2.34. The Hall–Kier alpha value is -3.58. The number of carbonyl (C=O) groups excluding carboxylic acids is 1. The molecule has 0 aliphatic heterocycles. The summed E-state index contributed by atoms with van der Waals surface area (Å²) in [5, 5.41) is 2.89. The summed E-state index contributed by atoms with van der Waals surface area (Å²) in [5.41, 5.74) is 2.37. The molecule has 0 unspecified atom stereocenters. The summed E-state index contributed by atoms with van der Waals surface area (Å²) in [4.78, 5) is 14.5. The Balaban J connectivity index is 2.01. The molecule has 0 saturated carbocycles. The lowest BCUT2D eigenvalue weighted by molar-refractivity contribution is -0.137. The topological polar surface area (TPSA) is 37.3 Å². The minimum Gasteiger partial charge on any atom is -0.352 e. The normalized spacial score (nSPS) is 12.1. The number of alkyl halides is 3. The van der Waals surface area contributed by atoms with Gasteiger partial charge in [-0.2, -0.15) is 13.2 Å². The number of aromatic nitrogens is 1. The van der Waals surface area contributed by atoms with E-state index in [9.17, 15) is 18.0 Å². The van der Waals surface area contributed by atoms with Crippen LogP contribution in [0.2, 0.25) is 0 Å². The third-order valence-electron chi connectivity index (χ3n) is 5.67. The van der Waals surface area contributed by atoms with Crippen LogP contribution in [0.1, 0.15) is 35.0 Å². The second-order valence-electron chi connectivity index (χ2n) is 8.39. The van der Waals surface area contributed by atoms with E-state index in [0.717, 1.165) is 19.0 Å². The first-order valence-electron chi connectivity index (χ1n) is 11.4. The zero-order chi connectivity index (χ0) is 25.6. The van der Waals surface area contributed by atoms with Gasteiger partial charge in [-0.1, -0.05) is 43.0 Å². The van der Waals surface area contributed by atoms with Crippen LogP contribution in [0.4, 0.5) is 13.2 Å². The fourth-order valence-electron chi connectivity index (χ4n) is 3.92. The molecule has 1 aromatic heterocycles. The summed E-state index contributed by atoms with van der Waals surface area (Å²) in [6.07, 6.45) is -0.255. The molecule has 184 valence electrons. The van der Waals surface area contributed by atoms with Crippen LogP contribution in [-0.2, 0) is 6.18 Å². The number of carbonyl (C=O) groups is 1. The molecular weight excluding hydrogens is 451 g/mol. The number of para-hydroxylation sites is 1. The van der Waals surface area contributed by atoms with Crippen molar-refractivity contribution in [1.82, 2.24) is 14.8 Å². The smallest absolute Gasteiger partial charge is 0.352 e. The zero-order valence-electron chi connectivity index (χ0n) is 20.2. The summed E-state index contributed by atoms with van der Waals surface area (Å²) < 4.78 is 43.3. The molecule has 0 atom stereocenters. The average Bonchev–Trinajstić information content (AvgIpc) is 3.26. The largest absolute Gasteiger partial charge is 0.418 e. The second kappa shape index (κ2) is 11.2. The number of benzene rings is 2. The molecular formula is C28H30F3N3O. The molecule has 0 saturated heterocycles. The summed E-state index contributed by atoms with van der Waals surface area (Å²) in [7, 11) is 3.95. The number of hydrogen-bond donors (Lipinski definition) is 1. The lowest BCUT2D eigenvalue weighted by Crippen LogP contribution is -2.27. The molecule has 3 aromatic rings. The predicted octanol–water partition coefficient (Wildman–Crippen LogP) is 6.43. The van der Waals surface area contributed by atoms with E-state index in [0.29, 0.717) is 34.6 Å². The third kappa shape index (κ3) is 6.11. The molecule has 0 aliphatic rings. The Morgan fingerprint density at radius 3 is 2.34 bits per heavy atom. The van der Waals surface area contributed by atoms with Crippen molar-refractivity contribution in [3.8, 4) is 16.9 Å². The van der Waals surface area contributed by atoms with Crippen LogP contribution in [-0.4, -0.2) is 42.6 Å². The van der Waals surface area contributed by atoms with Crippen LogP contribution >= 0.6 is 0 Å². The SMILES string of the molecule is C=C/C(=C\C)c1ccc(-c2ccc(C(=O)NCCCN(C)C)cc2)n1-c1ccccc1C(F)(F)F. The number of halogens is 3. The van der Waals surface area contributed by atoms with E-state index in [2.05, 4.69) is 11.9 Å².